The first-order chi connectivity index (χ1) is 14.8. The van der Waals surface area contributed by atoms with Crippen LogP contribution in [-0.2, 0) is 6.54 Å². The van der Waals surface area contributed by atoms with E-state index in [2.05, 4.69) is 20.7 Å². The number of rotatable bonds is 5. The topological polar surface area (TPSA) is 82.7 Å². The monoisotopic (exact) mass is 442 g/mol. The molecular formula is C21H29F3N4O3. The van der Waals surface area contributed by atoms with Crippen molar-refractivity contribution in [2.24, 2.45) is 0 Å². The van der Waals surface area contributed by atoms with Gasteiger partial charge in [-0.1, -0.05) is 31.4 Å². The Bertz CT molecular complexity index is 728. The maximum atomic E-state index is 12.4. The van der Waals surface area contributed by atoms with E-state index in [1.165, 1.54) is 30.7 Å². The molecule has 31 heavy (non-hydrogen) atoms. The van der Waals surface area contributed by atoms with E-state index in [1.807, 2.05) is 0 Å². The molecule has 172 valence electrons. The van der Waals surface area contributed by atoms with E-state index in [4.69, 9.17) is 0 Å². The van der Waals surface area contributed by atoms with Gasteiger partial charge in [0.1, 0.15) is 5.75 Å². The number of carbonyl (C=O) groups excluding carboxylic acids is 2. The lowest BCUT2D eigenvalue weighted by atomic mass is 9.96. The summed E-state index contributed by atoms with van der Waals surface area (Å²) >= 11 is 0. The molecule has 0 aromatic heterocycles. The van der Waals surface area contributed by atoms with Crippen LogP contribution >= 0.6 is 0 Å². The number of carbonyl (C=O) groups is 2. The highest BCUT2D eigenvalue weighted by Gasteiger charge is 2.31. The van der Waals surface area contributed by atoms with Gasteiger partial charge in [0.15, 0.2) is 0 Å². The molecule has 7 nitrogen and oxygen atoms in total. The minimum Gasteiger partial charge on any atom is -0.406 e. The molecule has 2 fully saturated rings. The van der Waals surface area contributed by atoms with Gasteiger partial charge in [-0.3, -0.25) is 0 Å². The maximum absolute atomic E-state index is 12.4. The molecule has 1 aromatic carbocycles. The van der Waals surface area contributed by atoms with Crippen molar-refractivity contribution in [3.63, 3.8) is 0 Å². The van der Waals surface area contributed by atoms with Gasteiger partial charge in [0.25, 0.3) is 0 Å². The third-order valence-corrected chi connectivity index (χ3v) is 5.66. The largest absolute Gasteiger partial charge is 0.573 e. The van der Waals surface area contributed by atoms with Crippen LogP contribution in [0.4, 0.5) is 22.8 Å². The zero-order valence-corrected chi connectivity index (χ0v) is 17.3. The number of urea groups is 2. The minimum atomic E-state index is -4.73. The second-order valence-electron chi connectivity index (χ2n) is 8.06. The molecule has 0 unspecified atom stereocenters. The number of ether oxygens (including phenoxy) is 1. The van der Waals surface area contributed by atoms with Gasteiger partial charge in [0.2, 0.25) is 0 Å². The molecule has 3 N–H and O–H groups in total. The van der Waals surface area contributed by atoms with Gasteiger partial charge in [0, 0.05) is 31.7 Å². The molecule has 0 spiro atoms. The van der Waals surface area contributed by atoms with E-state index < -0.39 is 6.36 Å². The molecule has 1 aliphatic heterocycles. The summed E-state index contributed by atoms with van der Waals surface area (Å²) in [6.45, 7) is 1.25. The number of amides is 4. The summed E-state index contributed by atoms with van der Waals surface area (Å²) in [5.74, 6) is -0.301. The molecule has 0 atom stereocenters. The first kappa shape index (κ1) is 23.0. The van der Waals surface area contributed by atoms with Crippen molar-refractivity contribution < 1.29 is 27.5 Å². The van der Waals surface area contributed by atoms with Gasteiger partial charge in [-0.25, -0.2) is 9.59 Å². The molecule has 1 saturated heterocycles. The van der Waals surface area contributed by atoms with Crippen molar-refractivity contribution in [1.29, 1.82) is 0 Å². The highest BCUT2D eigenvalue weighted by molar-refractivity contribution is 5.75. The van der Waals surface area contributed by atoms with Crippen molar-refractivity contribution >= 4 is 12.1 Å². The number of piperidine rings is 1. The summed E-state index contributed by atoms with van der Waals surface area (Å²) in [6.07, 6.45) is 2.23. The number of hydrogen-bond donors (Lipinski definition) is 3. The summed E-state index contributed by atoms with van der Waals surface area (Å²) in [6, 6.07) is 5.30. The lowest BCUT2D eigenvalue weighted by molar-refractivity contribution is -0.274. The zero-order chi connectivity index (χ0) is 22.3. The standard InChI is InChI=1S/C21H29F3N4O3/c22-21(23,24)31-18-8-6-15(7-9-18)14-25-20(30)28-12-10-17(11-13-28)27-19(29)26-16-4-2-1-3-5-16/h6-9,16-17H,1-5,10-14H2,(H,25,30)(H2,26,27,29). The van der Waals surface area contributed by atoms with Crippen molar-refractivity contribution in [3.8, 4) is 5.75 Å². The molecule has 4 amide bonds. The fraction of sp³-hybridized carbons (Fsp3) is 0.619. The summed E-state index contributed by atoms with van der Waals surface area (Å²) in [5, 5.41) is 8.82. The van der Waals surface area contributed by atoms with Crippen LogP contribution in [-0.4, -0.2) is 48.5 Å². The predicted octanol–water partition coefficient (Wildman–Crippen LogP) is 3.89. The fourth-order valence-corrected chi connectivity index (χ4v) is 3.98. The zero-order valence-electron chi connectivity index (χ0n) is 17.3. The highest BCUT2D eigenvalue weighted by Crippen LogP contribution is 2.23. The van der Waals surface area contributed by atoms with Gasteiger partial charge in [-0.2, -0.15) is 0 Å². The lowest BCUT2D eigenvalue weighted by Gasteiger charge is -2.33. The number of hydrogen-bond acceptors (Lipinski definition) is 3. The molecule has 1 aromatic rings. The Kier molecular flexibility index (Phi) is 7.86. The number of benzene rings is 1. The van der Waals surface area contributed by atoms with Gasteiger partial charge < -0.3 is 25.6 Å². The molecule has 1 saturated carbocycles. The number of nitrogens with zero attached hydrogens (tertiary/aromatic N) is 1. The number of likely N-dealkylation sites (tertiary alicyclic amines) is 1. The van der Waals surface area contributed by atoms with Crippen molar-refractivity contribution in [2.75, 3.05) is 13.1 Å². The summed E-state index contributed by atoms with van der Waals surface area (Å²) in [5.41, 5.74) is 0.666. The van der Waals surface area contributed by atoms with E-state index in [0.29, 0.717) is 31.5 Å². The molecule has 1 heterocycles. The van der Waals surface area contributed by atoms with Crippen LogP contribution in [0.5, 0.6) is 5.75 Å². The van der Waals surface area contributed by atoms with Crippen LogP contribution in [0.25, 0.3) is 0 Å². The Labute approximate surface area is 179 Å². The molecule has 0 bridgehead atoms. The van der Waals surface area contributed by atoms with Crippen molar-refractivity contribution in [2.45, 2.75) is 69.9 Å². The Hall–Kier alpha value is -2.65. The van der Waals surface area contributed by atoms with E-state index in [1.54, 1.807) is 4.90 Å². The normalized spacial score (nSPS) is 18.4. The van der Waals surface area contributed by atoms with Gasteiger partial charge in [-0.15, -0.1) is 13.2 Å². The Morgan fingerprint density at radius 2 is 1.52 bits per heavy atom. The van der Waals surface area contributed by atoms with Crippen LogP contribution in [0.2, 0.25) is 0 Å². The van der Waals surface area contributed by atoms with Crippen LogP contribution in [0, 0.1) is 0 Å². The first-order valence-corrected chi connectivity index (χ1v) is 10.7. The van der Waals surface area contributed by atoms with Gasteiger partial charge >= 0.3 is 18.4 Å². The smallest absolute Gasteiger partial charge is 0.406 e. The minimum absolute atomic E-state index is 0.0359. The average molecular weight is 442 g/mol. The van der Waals surface area contributed by atoms with Crippen LogP contribution in [0.3, 0.4) is 0 Å². The quantitative estimate of drug-likeness (QED) is 0.647. The van der Waals surface area contributed by atoms with Crippen molar-refractivity contribution in [3.05, 3.63) is 29.8 Å². The van der Waals surface area contributed by atoms with Crippen molar-refractivity contribution in [1.82, 2.24) is 20.9 Å². The molecule has 2 aliphatic rings. The van der Waals surface area contributed by atoms with E-state index in [9.17, 15) is 22.8 Å². The van der Waals surface area contributed by atoms with Crippen LogP contribution in [0.1, 0.15) is 50.5 Å². The lowest BCUT2D eigenvalue weighted by Crippen LogP contribution is -2.52. The average Bonchev–Trinajstić information content (AvgIpc) is 2.73. The molecule has 0 radical (unpaired) electrons. The number of halogens is 3. The molecule has 3 rings (SSSR count). The Morgan fingerprint density at radius 1 is 0.935 bits per heavy atom. The fourth-order valence-electron chi connectivity index (χ4n) is 3.98. The third kappa shape index (κ3) is 7.84. The summed E-state index contributed by atoms with van der Waals surface area (Å²) in [4.78, 5) is 26.2. The number of nitrogens with one attached hydrogen (secondary N) is 3. The van der Waals surface area contributed by atoms with E-state index >= 15 is 0 Å². The molecular weight excluding hydrogens is 413 g/mol. The number of alkyl halides is 3. The SMILES string of the molecule is O=C(NC1CCCCC1)NC1CCN(C(=O)NCc2ccc(OC(F)(F)F)cc2)CC1. The summed E-state index contributed by atoms with van der Waals surface area (Å²) in [7, 11) is 0. The maximum Gasteiger partial charge on any atom is 0.573 e. The second-order valence-corrected chi connectivity index (χ2v) is 8.06. The second kappa shape index (κ2) is 10.6. The van der Waals surface area contributed by atoms with E-state index in [-0.39, 0.29) is 36.4 Å². The van der Waals surface area contributed by atoms with Gasteiger partial charge in [-0.05, 0) is 43.4 Å². The molecule has 1 aliphatic carbocycles. The van der Waals surface area contributed by atoms with Crippen LogP contribution < -0.4 is 20.7 Å². The van der Waals surface area contributed by atoms with Crippen LogP contribution in [0.15, 0.2) is 24.3 Å². The first-order valence-electron chi connectivity index (χ1n) is 10.7. The highest BCUT2D eigenvalue weighted by atomic mass is 19.4. The predicted molar refractivity (Wildman–Crippen MR) is 108 cm³/mol. The molecule has 10 heteroatoms. The Morgan fingerprint density at radius 3 is 2.10 bits per heavy atom. The third-order valence-electron chi connectivity index (χ3n) is 5.66. The summed E-state index contributed by atoms with van der Waals surface area (Å²) < 4.78 is 40.4. The Balaban J connectivity index is 1.34. The van der Waals surface area contributed by atoms with E-state index in [0.717, 1.165) is 25.7 Å². The van der Waals surface area contributed by atoms with Gasteiger partial charge in [0.05, 0.1) is 0 Å².